The van der Waals surface area contributed by atoms with E-state index < -0.39 is 0 Å². The zero-order valence-corrected chi connectivity index (χ0v) is 18.8. The quantitative estimate of drug-likeness (QED) is 0.713. The van der Waals surface area contributed by atoms with Crippen LogP contribution in [0.2, 0.25) is 0 Å². The van der Waals surface area contributed by atoms with Gasteiger partial charge in [0.15, 0.2) is 5.13 Å². The summed E-state index contributed by atoms with van der Waals surface area (Å²) < 4.78 is 5.39. The van der Waals surface area contributed by atoms with Gasteiger partial charge < -0.3 is 9.64 Å². The molecule has 0 N–H and O–H groups in total. The van der Waals surface area contributed by atoms with Gasteiger partial charge in [0.25, 0.3) is 0 Å². The van der Waals surface area contributed by atoms with Crippen molar-refractivity contribution in [2.45, 2.75) is 64.0 Å². The van der Waals surface area contributed by atoms with Gasteiger partial charge in [0.2, 0.25) is 11.8 Å². The van der Waals surface area contributed by atoms with E-state index in [1.807, 2.05) is 22.1 Å². The SMILES string of the molecule is CC(C(=O)N(c1nccs1)C1CCCCC1)N1CCCC(C(=O)N2CCOCC2)C1. The number of aromatic nitrogens is 1. The predicted octanol–water partition coefficient (Wildman–Crippen LogP) is 2.77. The molecule has 3 fully saturated rings. The first-order valence-electron chi connectivity index (χ1n) is 11.5. The van der Waals surface area contributed by atoms with Crippen LogP contribution in [0.4, 0.5) is 5.13 Å². The molecule has 30 heavy (non-hydrogen) atoms. The maximum Gasteiger partial charge on any atom is 0.246 e. The number of piperidine rings is 1. The number of morpholine rings is 1. The third-order valence-corrected chi connectivity index (χ3v) is 7.60. The van der Waals surface area contributed by atoms with Gasteiger partial charge in [-0.2, -0.15) is 0 Å². The summed E-state index contributed by atoms with van der Waals surface area (Å²) in [6, 6.07) is 0.00605. The van der Waals surface area contributed by atoms with Crippen LogP contribution in [0.5, 0.6) is 0 Å². The first-order chi connectivity index (χ1) is 14.6. The molecule has 0 bridgehead atoms. The fraction of sp³-hybridized carbons (Fsp3) is 0.773. The van der Waals surface area contributed by atoms with Crippen LogP contribution in [-0.4, -0.2) is 78.1 Å². The van der Waals surface area contributed by atoms with E-state index in [1.165, 1.54) is 19.3 Å². The third-order valence-electron chi connectivity index (χ3n) is 6.83. The van der Waals surface area contributed by atoms with Crippen LogP contribution in [0.1, 0.15) is 51.9 Å². The normalized spacial score (nSPS) is 25.1. The Kier molecular flexibility index (Phi) is 7.38. The second kappa shape index (κ2) is 10.2. The van der Waals surface area contributed by atoms with Gasteiger partial charge in [0.05, 0.1) is 25.2 Å². The molecule has 7 nitrogen and oxygen atoms in total. The molecular formula is C22H34N4O3S. The minimum atomic E-state index is -0.240. The number of anilines is 1. The smallest absolute Gasteiger partial charge is 0.246 e. The number of hydrogen-bond acceptors (Lipinski definition) is 6. The van der Waals surface area contributed by atoms with Gasteiger partial charge in [0, 0.05) is 37.3 Å². The summed E-state index contributed by atoms with van der Waals surface area (Å²) >= 11 is 1.54. The Labute approximate surface area is 183 Å². The van der Waals surface area contributed by atoms with E-state index in [-0.39, 0.29) is 29.8 Å². The maximum absolute atomic E-state index is 13.7. The Balaban J connectivity index is 1.44. The molecule has 8 heteroatoms. The lowest BCUT2D eigenvalue weighted by atomic mass is 9.93. The molecule has 1 saturated carbocycles. The summed E-state index contributed by atoms with van der Waals surface area (Å²) in [5, 5.41) is 2.76. The van der Waals surface area contributed by atoms with Crippen molar-refractivity contribution in [2.75, 3.05) is 44.3 Å². The van der Waals surface area contributed by atoms with E-state index >= 15 is 0 Å². The first-order valence-corrected chi connectivity index (χ1v) is 12.4. The molecule has 2 unspecified atom stereocenters. The van der Waals surface area contributed by atoms with E-state index in [0.717, 1.165) is 37.4 Å². The summed E-state index contributed by atoms with van der Waals surface area (Å²) in [6.07, 6.45) is 9.36. The van der Waals surface area contributed by atoms with Crippen LogP contribution >= 0.6 is 11.3 Å². The molecule has 3 aliphatic rings. The average Bonchev–Trinajstić information content (AvgIpc) is 3.34. The third kappa shape index (κ3) is 4.86. The number of rotatable bonds is 5. The van der Waals surface area contributed by atoms with Crippen LogP contribution in [-0.2, 0) is 14.3 Å². The number of likely N-dealkylation sites (tertiary alicyclic amines) is 1. The number of thiazole rings is 1. The fourth-order valence-corrected chi connectivity index (χ4v) is 5.78. The number of hydrogen-bond donors (Lipinski definition) is 0. The highest BCUT2D eigenvalue weighted by Gasteiger charge is 2.37. The molecule has 2 saturated heterocycles. The number of ether oxygens (including phenoxy) is 1. The van der Waals surface area contributed by atoms with E-state index in [4.69, 9.17) is 4.74 Å². The van der Waals surface area contributed by atoms with Gasteiger partial charge in [0.1, 0.15) is 0 Å². The predicted molar refractivity (Wildman–Crippen MR) is 118 cm³/mol. The number of carbonyl (C=O) groups excluding carboxylic acids is 2. The lowest BCUT2D eigenvalue weighted by Gasteiger charge is -2.41. The molecule has 1 aromatic heterocycles. The summed E-state index contributed by atoms with van der Waals surface area (Å²) in [4.78, 5) is 37.3. The minimum absolute atomic E-state index is 0.0184. The van der Waals surface area contributed by atoms with E-state index in [2.05, 4.69) is 9.88 Å². The topological polar surface area (TPSA) is 66.0 Å². The highest BCUT2D eigenvalue weighted by atomic mass is 32.1. The Morgan fingerprint density at radius 3 is 2.60 bits per heavy atom. The highest BCUT2D eigenvalue weighted by molar-refractivity contribution is 7.13. The van der Waals surface area contributed by atoms with Crippen molar-refractivity contribution in [1.82, 2.24) is 14.8 Å². The molecule has 2 atom stereocenters. The van der Waals surface area contributed by atoms with Gasteiger partial charge in [-0.1, -0.05) is 19.3 Å². The minimum Gasteiger partial charge on any atom is -0.378 e. The van der Waals surface area contributed by atoms with Crippen molar-refractivity contribution >= 4 is 28.3 Å². The van der Waals surface area contributed by atoms with Gasteiger partial charge >= 0.3 is 0 Å². The van der Waals surface area contributed by atoms with E-state index in [9.17, 15) is 9.59 Å². The largest absolute Gasteiger partial charge is 0.378 e. The number of carbonyl (C=O) groups is 2. The first kappa shape index (κ1) is 21.7. The van der Waals surface area contributed by atoms with E-state index in [0.29, 0.717) is 32.8 Å². The van der Waals surface area contributed by atoms with Crippen LogP contribution in [0.25, 0.3) is 0 Å². The van der Waals surface area contributed by atoms with Crippen LogP contribution < -0.4 is 4.90 Å². The van der Waals surface area contributed by atoms with Crippen LogP contribution in [0.15, 0.2) is 11.6 Å². The molecule has 4 rings (SSSR count). The Hall–Kier alpha value is -1.51. The zero-order valence-electron chi connectivity index (χ0n) is 18.0. The van der Waals surface area contributed by atoms with Crippen LogP contribution in [0.3, 0.4) is 0 Å². The molecule has 2 aliphatic heterocycles. The molecule has 3 heterocycles. The van der Waals surface area contributed by atoms with Crippen molar-refractivity contribution in [2.24, 2.45) is 5.92 Å². The zero-order chi connectivity index (χ0) is 20.9. The van der Waals surface area contributed by atoms with Crippen molar-refractivity contribution in [3.63, 3.8) is 0 Å². The Morgan fingerprint density at radius 2 is 1.90 bits per heavy atom. The number of amides is 2. The van der Waals surface area contributed by atoms with Crippen molar-refractivity contribution in [1.29, 1.82) is 0 Å². The van der Waals surface area contributed by atoms with Crippen molar-refractivity contribution in [3.05, 3.63) is 11.6 Å². The van der Waals surface area contributed by atoms with Gasteiger partial charge in [-0.15, -0.1) is 11.3 Å². The Bertz CT molecular complexity index is 701. The summed E-state index contributed by atoms with van der Waals surface area (Å²) in [5.41, 5.74) is 0. The molecule has 0 spiro atoms. The van der Waals surface area contributed by atoms with Gasteiger partial charge in [-0.05, 0) is 39.2 Å². The molecule has 1 aromatic rings. The Morgan fingerprint density at radius 1 is 1.13 bits per heavy atom. The van der Waals surface area contributed by atoms with Crippen molar-refractivity contribution in [3.8, 4) is 0 Å². The van der Waals surface area contributed by atoms with Gasteiger partial charge in [-0.3, -0.25) is 19.4 Å². The molecule has 0 aromatic carbocycles. The summed E-state index contributed by atoms with van der Waals surface area (Å²) in [6.45, 7) is 6.16. The lowest BCUT2D eigenvalue weighted by molar-refractivity contribution is -0.142. The van der Waals surface area contributed by atoms with E-state index in [1.54, 1.807) is 17.5 Å². The molecule has 1 aliphatic carbocycles. The average molecular weight is 435 g/mol. The maximum atomic E-state index is 13.7. The molecule has 0 radical (unpaired) electrons. The van der Waals surface area contributed by atoms with Crippen LogP contribution in [0, 0.1) is 5.92 Å². The number of nitrogens with zero attached hydrogens (tertiary/aromatic N) is 4. The monoisotopic (exact) mass is 434 g/mol. The van der Waals surface area contributed by atoms with Crippen molar-refractivity contribution < 1.29 is 14.3 Å². The molecular weight excluding hydrogens is 400 g/mol. The molecule has 166 valence electrons. The second-order valence-corrected chi connectivity index (χ2v) is 9.64. The second-order valence-electron chi connectivity index (χ2n) is 8.76. The molecule has 2 amide bonds. The summed E-state index contributed by atoms with van der Waals surface area (Å²) in [5.74, 6) is 0.345. The van der Waals surface area contributed by atoms with Gasteiger partial charge in [-0.25, -0.2) is 4.98 Å². The highest BCUT2D eigenvalue weighted by Crippen LogP contribution is 2.31. The lowest BCUT2D eigenvalue weighted by Crippen LogP contribution is -2.55. The fourth-order valence-electron chi connectivity index (χ4n) is 5.06. The standard InChI is InChI=1S/C22H34N4O3S/c1-17(20(27)26(22-23-9-15-30-22)19-7-3-2-4-8-19)25-10-5-6-18(16-25)21(28)24-11-13-29-14-12-24/h9,15,17-19H,2-8,10-14,16H2,1H3. The summed E-state index contributed by atoms with van der Waals surface area (Å²) in [7, 11) is 0.